The Morgan fingerprint density at radius 3 is 3.00 bits per heavy atom. The fourth-order valence-electron chi connectivity index (χ4n) is 1.68. The van der Waals surface area contributed by atoms with Crippen LogP contribution in [0, 0.1) is 0 Å². The zero-order valence-corrected chi connectivity index (χ0v) is 9.53. The second-order valence-corrected chi connectivity index (χ2v) is 4.67. The maximum Gasteiger partial charge on any atom is 0.0818 e. The van der Waals surface area contributed by atoms with E-state index in [2.05, 4.69) is 12.2 Å². The number of rotatable bonds is 5. The molecular weight excluding hydrogens is 182 g/mol. The second-order valence-electron chi connectivity index (χ2n) is 3.52. The summed E-state index contributed by atoms with van der Waals surface area (Å²) in [5.74, 6) is 2.33. The molecule has 0 aromatic heterocycles. The zero-order valence-electron chi connectivity index (χ0n) is 8.71. The third-order valence-corrected chi connectivity index (χ3v) is 3.55. The molecule has 78 valence electrons. The van der Waals surface area contributed by atoms with Crippen LogP contribution >= 0.6 is 11.8 Å². The standard InChI is InChI=1S/C10H21NOS/c1-3-4-5-9(11-2)10-8-13-7-6-12-10/h9-11H,3-8H2,1-2H3. The summed E-state index contributed by atoms with van der Waals surface area (Å²) in [5.41, 5.74) is 0. The van der Waals surface area contributed by atoms with Crippen LogP contribution in [-0.4, -0.2) is 37.3 Å². The topological polar surface area (TPSA) is 21.3 Å². The highest BCUT2D eigenvalue weighted by Gasteiger charge is 2.22. The molecule has 1 saturated heterocycles. The maximum absolute atomic E-state index is 5.74. The van der Waals surface area contributed by atoms with Gasteiger partial charge >= 0.3 is 0 Å². The number of likely N-dealkylation sites (N-methyl/N-ethyl adjacent to an activating group) is 1. The molecule has 1 aliphatic heterocycles. The lowest BCUT2D eigenvalue weighted by atomic mass is 10.1. The first-order valence-corrected chi connectivity index (χ1v) is 6.40. The molecule has 0 spiro atoms. The van der Waals surface area contributed by atoms with Crippen LogP contribution in [0.2, 0.25) is 0 Å². The van der Waals surface area contributed by atoms with Gasteiger partial charge in [-0.25, -0.2) is 0 Å². The molecule has 1 aliphatic rings. The highest BCUT2D eigenvalue weighted by Crippen LogP contribution is 2.18. The molecule has 0 saturated carbocycles. The van der Waals surface area contributed by atoms with E-state index < -0.39 is 0 Å². The van der Waals surface area contributed by atoms with Gasteiger partial charge in [0.1, 0.15) is 0 Å². The molecule has 0 radical (unpaired) electrons. The number of nitrogens with one attached hydrogen (secondary N) is 1. The lowest BCUT2D eigenvalue weighted by Crippen LogP contribution is -2.43. The maximum atomic E-state index is 5.74. The highest BCUT2D eigenvalue weighted by molar-refractivity contribution is 7.99. The van der Waals surface area contributed by atoms with E-state index in [9.17, 15) is 0 Å². The Morgan fingerprint density at radius 1 is 1.62 bits per heavy atom. The minimum absolute atomic E-state index is 0.440. The van der Waals surface area contributed by atoms with Gasteiger partial charge in [0.25, 0.3) is 0 Å². The van der Waals surface area contributed by atoms with Crippen LogP contribution in [0.1, 0.15) is 26.2 Å². The Bertz CT molecular complexity index is 126. The van der Waals surface area contributed by atoms with E-state index in [1.165, 1.54) is 25.0 Å². The average molecular weight is 203 g/mol. The fraction of sp³-hybridized carbons (Fsp3) is 1.00. The van der Waals surface area contributed by atoms with E-state index in [4.69, 9.17) is 4.74 Å². The fourth-order valence-corrected chi connectivity index (χ4v) is 2.62. The highest BCUT2D eigenvalue weighted by atomic mass is 32.2. The van der Waals surface area contributed by atoms with Crippen molar-refractivity contribution < 1.29 is 4.74 Å². The van der Waals surface area contributed by atoms with Crippen LogP contribution in [-0.2, 0) is 4.74 Å². The number of ether oxygens (including phenoxy) is 1. The first-order chi connectivity index (χ1) is 6.38. The van der Waals surface area contributed by atoms with Crippen molar-refractivity contribution in [3.05, 3.63) is 0 Å². The van der Waals surface area contributed by atoms with E-state index in [-0.39, 0.29) is 0 Å². The van der Waals surface area contributed by atoms with Crippen LogP contribution in [0.3, 0.4) is 0 Å². The molecule has 2 unspecified atom stereocenters. The van der Waals surface area contributed by atoms with E-state index >= 15 is 0 Å². The van der Waals surface area contributed by atoms with Gasteiger partial charge in [-0.2, -0.15) is 11.8 Å². The smallest absolute Gasteiger partial charge is 0.0818 e. The van der Waals surface area contributed by atoms with Gasteiger partial charge in [-0.1, -0.05) is 19.8 Å². The van der Waals surface area contributed by atoms with Gasteiger partial charge in [0.2, 0.25) is 0 Å². The van der Waals surface area contributed by atoms with E-state index in [1.54, 1.807) is 0 Å². The quantitative estimate of drug-likeness (QED) is 0.737. The predicted molar refractivity (Wildman–Crippen MR) is 59.4 cm³/mol. The average Bonchev–Trinajstić information content (AvgIpc) is 2.21. The summed E-state index contributed by atoms with van der Waals surface area (Å²) in [6.07, 6.45) is 4.27. The summed E-state index contributed by atoms with van der Waals surface area (Å²) in [7, 11) is 2.04. The minimum atomic E-state index is 0.440. The molecule has 3 heteroatoms. The summed E-state index contributed by atoms with van der Waals surface area (Å²) in [4.78, 5) is 0. The Balaban J connectivity index is 2.26. The van der Waals surface area contributed by atoms with Crippen molar-refractivity contribution in [2.24, 2.45) is 0 Å². The zero-order chi connectivity index (χ0) is 9.52. The predicted octanol–water partition coefficient (Wildman–Crippen LogP) is 1.90. The number of hydrogen-bond donors (Lipinski definition) is 1. The van der Waals surface area contributed by atoms with Gasteiger partial charge in [-0.15, -0.1) is 0 Å². The summed E-state index contributed by atoms with van der Waals surface area (Å²) in [6, 6.07) is 0.563. The van der Waals surface area contributed by atoms with Gasteiger partial charge < -0.3 is 10.1 Å². The number of thioether (sulfide) groups is 1. The number of unbranched alkanes of at least 4 members (excludes halogenated alkanes) is 1. The molecule has 0 aromatic rings. The third-order valence-electron chi connectivity index (χ3n) is 2.53. The van der Waals surface area contributed by atoms with E-state index in [0.717, 1.165) is 12.4 Å². The SMILES string of the molecule is CCCCC(NC)C1CSCCO1. The van der Waals surface area contributed by atoms with Gasteiger partial charge in [0.05, 0.1) is 12.7 Å². The molecule has 0 amide bonds. The molecule has 1 fully saturated rings. The van der Waals surface area contributed by atoms with Gasteiger partial charge in [0, 0.05) is 17.5 Å². The first-order valence-electron chi connectivity index (χ1n) is 5.25. The Kier molecular flexibility index (Phi) is 5.83. The monoisotopic (exact) mass is 203 g/mol. The molecule has 0 bridgehead atoms. The normalized spacial score (nSPS) is 25.8. The van der Waals surface area contributed by atoms with Crippen LogP contribution in [0.25, 0.3) is 0 Å². The summed E-state index contributed by atoms with van der Waals surface area (Å²) in [5, 5.41) is 3.37. The van der Waals surface area contributed by atoms with Crippen molar-refractivity contribution in [3.8, 4) is 0 Å². The first kappa shape index (κ1) is 11.3. The van der Waals surface area contributed by atoms with Crippen molar-refractivity contribution >= 4 is 11.8 Å². The molecule has 13 heavy (non-hydrogen) atoms. The Hall–Kier alpha value is 0.270. The van der Waals surface area contributed by atoms with Crippen molar-refractivity contribution in [2.75, 3.05) is 25.2 Å². The van der Waals surface area contributed by atoms with Crippen LogP contribution in [0.4, 0.5) is 0 Å². The lowest BCUT2D eigenvalue weighted by Gasteiger charge is -2.29. The summed E-state index contributed by atoms with van der Waals surface area (Å²) >= 11 is 2.02. The third kappa shape index (κ3) is 3.88. The van der Waals surface area contributed by atoms with Gasteiger partial charge in [-0.3, -0.25) is 0 Å². The molecule has 0 aromatic carbocycles. The minimum Gasteiger partial charge on any atom is -0.375 e. The molecule has 2 atom stereocenters. The largest absolute Gasteiger partial charge is 0.375 e. The second kappa shape index (κ2) is 6.68. The molecular formula is C10H21NOS. The van der Waals surface area contributed by atoms with Crippen LogP contribution in [0.15, 0.2) is 0 Å². The lowest BCUT2D eigenvalue weighted by molar-refractivity contribution is 0.0463. The summed E-state index contributed by atoms with van der Waals surface area (Å²) < 4.78 is 5.74. The molecule has 1 heterocycles. The van der Waals surface area contributed by atoms with Crippen molar-refractivity contribution in [1.29, 1.82) is 0 Å². The van der Waals surface area contributed by atoms with Crippen molar-refractivity contribution in [2.45, 2.75) is 38.3 Å². The van der Waals surface area contributed by atoms with Crippen LogP contribution in [0.5, 0.6) is 0 Å². The van der Waals surface area contributed by atoms with Crippen molar-refractivity contribution in [1.82, 2.24) is 5.32 Å². The van der Waals surface area contributed by atoms with Crippen LogP contribution < -0.4 is 5.32 Å². The Morgan fingerprint density at radius 2 is 2.46 bits per heavy atom. The summed E-state index contributed by atoms with van der Waals surface area (Å²) in [6.45, 7) is 3.17. The molecule has 2 nitrogen and oxygen atoms in total. The van der Waals surface area contributed by atoms with Gasteiger partial charge in [0.15, 0.2) is 0 Å². The Labute approximate surface area is 85.8 Å². The van der Waals surface area contributed by atoms with Gasteiger partial charge in [-0.05, 0) is 13.5 Å². The van der Waals surface area contributed by atoms with E-state index in [1.807, 2.05) is 18.8 Å². The molecule has 0 aliphatic carbocycles. The number of hydrogen-bond acceptors (Lipinski definition) is 3. The van der Waals surface area contributed by atoms with E-state index in [0.29, 0.717) is 12.1 Å². The molecule has 1 N–H and O–H groups in total. The molecule has 1 rings (SSSR count). The van der Waals surface area contributed by atoms with Crippen molar-refractivity contribution in [3.63, 3.8) is 0 Å².